The molecule has 0 fully saturated rings. The van der Waals surface area contributed by atoms with Crippen LogP contribution in [0.3, 0.4) is 0 Å². The van der Waals surface area contributed by atoms with Crippen LogP contribution in [0.25, 0.3) is 0 Å². The van der Waals surface area contributed by atoms with Crippen LogP contribution in [0.1, 0.15) is 26.3 Å². The number of nitrogens with one attached hydrogen (secondary N) is 1. The van der Waals surface area contributed by atoms with E-state index in [-0.39, 0.29) is 9.92 Å². The van der Waals surface area contributed by atoms with Gasteiger partial charge in [-0.2, -0.15) is 4.31 Å². The van der Waals surface area contributed by atoms with Crippen molar-refractivity contribution < 1.29 is 8.42 Å². The highest BCUT2D eigenvalue weighted by Gasteiger charge is 2.26. The zero-order valence-corrected chi connectivity index (χ0v) is 14.2. The SMILES string of the molecule is CCNCc1cc(Cl)cc(S(=O)(=O)N(CC)CC)c1Cl. The van der Waals surface area contributed by atoms with Gasteiger partial charge in [0.25, 0.3) is 0 Å². The average Bonchev–Trinajstić information content (AvgIpc) is 2.40. The van der Waals surface area contributed by atoms with Gasteiger partial charge in [0.2, 0.25) is 10.0 Å². The van der Waals surface area contributed by atoms with Crippen LogP contribution in [-0.4, -0.2) is 32.4 Å². The first-order valence-electron chi connectivity index (χ1n) is 6.57. The van der Waals surface area contributed by atoms with Crippen LogP contribution in [0.2, 0.25) is 10.0 Å². The third-order valence-corrected chi connectivity index (χ3v) is 5.82. The molecule has 1 rings (SSSR count). The van der Waals surface area contributed by atoms with E-state index in [4.69, 9.17) is 23.2 Å². The lowest BCUT2D eigenvalue weighted by molar-refractivity contribution is 0.445. The molecule has 0 saturated carbocycles. The van der Waals surface area contributed by atoms with Crippen LogP contribution in [0, 0.1) is 0 Å². The van der Waals surface area contributed by atoms with Crippen LogP contribution in [0.4, 0.5) is 0 Å². The van der Waals surface area contributed by atoms with Gasteiger partial charge >= 0.3 is 0 Å². The Morgan fingerprint density at radius 2 is 1.75 bits per heavy atom. The van der Waals surface area contributed by atoms with Gasteiger partial charge in [-0.1, -0.05) is 44.0 Å². The number of rotatable bonds is 7. The van der Waals surface area contributed by atoms with Crippen molar-refractivity contribution in [2.24, 2.45) is 0 Å². The van der Waals surface area contributed by atoms with Crippen molar-refractivity contribution in [1.29, 1.82) is 0 Å². The lowest BCUT2D eigenvalue weighted by Crippen LogP contribution is -2.31. The van der Waals surface area contributed by atoms with Crippen LogP contribution < -0.4 is 5.32 Å². The van der Waals surface area contributed by atoms with Crippen LogP contribution in [-0.2, 0) is 16.6 Å². The fourth-order valence-electron chi connectivity index (χ4n) is 1.90. The van der Waals surface area contributed by atoms with Crippen LogP contribution in [0.15, 0.2) is 17.0 Å². The van der Waals surface area contributed by atoms with E-state index in [0.29, 0.717) is 30.2 Å². The second kappa shape index (κ2) is 7.61. The lowest BCUT2D eigenvalue weighted by atomic mass is 10.2. The fraction of sp³-hybridized carbons (Fsp3) is 0.538. The molecule has 0 radical (unpaired) electrons. The van der Waals surface area contributed by atoms with E-state index in [1.54, 1.807) is 19.9 Å². The molecule has 0 bridgehead atoms. The Labute approximate surface area is 131 Å². The molecule has 0 heterocycles. The molecule has 114 valence electrons. The summed E-state index contributed by atoms with van der Waals surface area (Å²) in [5.74, 6) is 0. The minimum atomic E-state index is -3.61. The van der Waals surface area contributed by atoms with E-state index in [2.05, 4.69) is 5.32 Å². The van der Waals surface area contributed by atoms with Crippen molar-refractivity contribution in [3.63, 3.8) is 0 Å². The highest BCUT2D eigenvalue weighted by molar-refractivity contribution is 7.89. The molecule has 0 unspecified atom stereocenters. The molecule has 0 aliphatic heterocycles. The maximum absolute atomic E-state index is 12.6. The Balaban J connectivity index is 3.34. The van der Waals surface area contributed by atoms with Crippen molar-refractivity contribution in [2.45, 2.75) is 32.2 Å². The van der Waals surface area contributed by atoms with E-state index >= 15 is 0 Å². The highest BCUT2D eigenvalue weighted by atomic mass is 35.5. The highest BCUT2D eigenvalue weighted by Crippen LogP contribution is 2.31. The molecule has 20 heavy (non-hydrogen) atoms. The second-order valence-corrected chi connectivity index (χ2v) is 6.97. The van der Waals surface area contributed by atoms with E-state index in [9.17, 15) is 8.42 Å². The van der Waals surface area contributed by atoms with Gasteiger partial charge < -0.3 is 5.32 Å². The number of sulfonamides is 1. The first-order chi connectivity index (χ1) is 9.38. The standard InChI is InChI=1S/C13H20Cl2N2O2S/c1-4-16-9-10-7-11(14)8-12(13(10)15)20(18,19)17(5-2)6-3/h7-8,16H,4-6,9H2,1-3H3. The van der Waals surface area contributed by atoms with E-state index in [1.807, 2.05) is 6.92 Å². The smallest absolute Gasteiger partial charge is 0.244 e. The van der Waals surface area contributed by atoms with Crippen molar-refractivity contribution >= 4 is 33.2 Å². The molecule has 0 saturated heterocycles. The minimum Gasteiger partial charge on any atom is -0.313 e. The number of halogens is 2. The van der Waals surface area contributed by atoms with Crippen LogP contribution in [0.5, 0.6) is 0 Å². The van der Waals surface area contributed by atoms with Gasteiger partial charge in [-0.3, -0.25) is 0 Å². The van der Waals surface area contributed by atoms with Gasteiger partial charge in [0.15, 0.2) is 0 Å². The van der Waals surface area contributed by atoms with Gasteiger partial charge in [0.05, 0.1) is 5.02 Å². The van der Waals surface area contributed by atoms with Crippen molar-refractivity contribution in [3.05, 3.63) is 27.7 Å². The zero-order chi connectivity index (χ0) is 15.3. The number of benzene rings is 1. The summed E-state index contributed by atoms with van der Waals surface area (Å²) in [5, 5.41) is 3.72. The third-order valence-electron chi connectivity index (χ3n) is 2.97. The Morgan fingerprint density at radius 1 is 1.15 bits per heavy atom. The molecule has 1 aromatic carbocycles. The molecule has 0 amide bonds. The predicted octanol–water partition coefficient (Wildman–Crippen LogP) is 3.13. The summed E-state index contributed by atoms with van der Waals surface area (Å²) in [7, 11) is -3.61. The largest absolute Gasteiger partial charge is 0.313 e. The van der Waals surface area contributed by atoms with Gasteiger partial charge in [-0.15, -0.1) is 0 Å². The normalized spacial score (nSPS) is 12.1. The summed E-state index contributed by atoms with van der Waals surface area (Å²) >= 11 is 12.3. The first-order valence-corrected chi connectivity index (χ1v) is 8.76. The topological polar surface area (TPSA) is 49.4 Å². The van der Waals surface area contributed by atoms with Crippen LogP contribution >= 0.6 is 23.2 Å². The summed E-state index contributed by atoms with van der Waals surface area (Å²) < 4.78 is 26.5. The van der Waals surface area contributed by atoms with E-state index in [1.165, 1.54) is 10.4 Å². The molecule has 0 atom stereocenters. The second-order valence-electron chi connectivity index (χ2n) is 4.25. The molecular formula is C13H20Cl2N2O2S. The summed E-state index contributed by atoms with van der Waals surface area (Å²) in [6.45, 7) is 7.58. The molecule has 0 aliphatic carbocycles. The quantitative estimate of drug-likeness (QED) is 0.830. The zero-order valence-electron chi connectivity index (χ0n) is 11.9. The third kappa shape index (κ3) is 3.86. The summed E-state index contributed by atoms with van der Waals surface area (Å²) in [5.41, 5.74) is 0.687. The average molecular weight is 339 g/mol. The minimum absolute atomic E-state index is 0.0725. The van der Waals surface area contributed by atoms with Gasteiger partial charge in [-0.25, -0.2) is 8.42 Å². The van der Waals surface area contributed by atoms with Crippen molar-refractivity contribution in [1.82, 2.24) is 9.62 Å². The Bertz CT molecular complexity index is 558. The molecule has 4 nitrogen and oxygen atoms in total. The molecule has 0 spiro atoms. The Morgan fingerprint density at radius 3 is 2.25 bits per heavy atom. The number of hydrogen-bond acceptors (Lipinski definition) is 3. The molecule has 1 aromatic rings. The molecule has 1 N–H and O–H groups in total. The first kappa shape index (κ1) is 17.7. The maximum Gasteiger partial charge on any atom is 0.244 e. The summed E-state index contributed by atoms with van der Waals surface area (Å²) in [4.78, 5) is 0.0725. The molecule has 0 aliphatic rings. The monoisotopic (exact) mass is 338 g/mol. The van der Waals surface area contributed by atoms with Gasteiger partial charge in [0.1, 0.15) is 4.90 Å². The van der Waals surface area contributed by atoms with E-state index < -0.39 is 10.0 Å². The lowest BCUT2D eigenvalue weighted by Gasteiger charge is -2.20. The van der Waals surface area contributed by atoms with E-state index in [0.717, 1.165) is 6.54 Å². The summed E-state index contributed by atoms with van der Waals surface area (Å²) in [6.07, 6.45) is 0. The maximum atomic E-state index is 12.6. The molecule has 0 aromatic heterocycles. The van der Waals surface area contributed by atoms with Gasteiger partial charge in [0, 0.05) is 24.7 Å². The molecule has 7 heteroatoms. The Kier molecular flexibility index (Phi) is 6.75. The van der Waals surface area contributed by atoms with Crippen molar-refractivity contribution in [2.75, 3.05) is 19.6 Å². The van der Waals surface area contributed by atoms with Crippen molar-refractivity contribution in [3.8, 4) is 0 Å². The fourth-order valence-corrected chi connectivity index (χ4v) is 4.26. The van der Waals surface area contributed by atoms with Gasteiger partial charge in [-0.05, 0) is 24.2 Å². The summed E-state index contributed by atoms with van der Waals surface area (Å²) in [6, 6.07) is 3.10. The molecular weight excluding hydrogens is 319 g/mol. The number of nitrogens with zero attached hydrogens (tertiary/aromatic N) is 1. The Hall–Kier alpha value is -0.330. The predicted molar refractivity (Wildman–Crippen MR) is 83.9 cm³/mol. The number of hydrogen-bond donors (Lipinski definition) is 1.